The van der Waals surface area contributed by atoms with E-state index in [0.717, 1.165) is 29.9 Å². The second-order valence-corrected chi connectivity index (χ2v) is 9.43. The number of nitrogens with zero attached hydrogens (tertiary/aromatic N) is 2. The van der Waals surface area contributed by atoms with Crippen molar-refractivity contribution in [3.8, 4) is 0 Å². The molecular formula is C22H34N2O2. The number of hydrogen-bond donors (Lipinski definition) is 0. The van der Waals surface area contributed by atoms with E-state index < -0.39 is 0 Å². The molecule has 0 heterocycles. The SMILES string of the molecule is CO/N=C/[C@H]1CCC2C3CCC4=C/C(=N/OC)CC[C@]4(C)C3CC[C@@]21C. The maximum atomic E-state index is 5.04. The molecule has 3 fully saturated rings. The minimum atomic E-state index is 0.371. The normalized spacial score (nSPS) is 46.5. The van der Waals surface area contributed by atoms with Crippen LogP contribution in [-0.2, 0) is 9.68 Å². The molecule has 4 rings (SSSR count). The largest absolute Gasteiger partial charge is 0.399 e. The summed E-state index contributed by atoms with van der Waals surface area (Å²) in [5.41, 5.74) is 3.56. The Morgan fingerprint density at radius 2 is 1.85 bits per heavy atom. The third-order valence-corrected chi connectivity index (χ3v) is 8.61. The van der Waals surface area contributed by atoms with Crippen LogP contribution >= 0.6 is 0 Å². The number of oxime groups is 2. The Morgan fingerprint density at radius 1 is 1.00 bits per heavy atom. The van der Waals surface area contributed by atoms with E-state index in [9.17, 15) is 0 Å². The van der Waals surface area contributed by atoms with Gasteiger partial charge in [-0.05, 0) is 86.0 Å². The molecule has 0 saturated heterocycles. The quantitative estimate of drug-likeness (QED) is 0.514. The van der Waals surface area contributed by atoms with E-state index in [0.29, 0.717) is 16.7 Å². The molecule has 3 saturated carbocycles. The lowest BCUT2D eigenvalue weighted by Gasteiger charge is -2.58. The highest BCUT2D eigenvalue weighted by Gasteiger charge is 2.58. The zero-order valence-electron chi connectivity index (χ0n) is 16.8. The third-order valence-electron chi connectivity index (χ3n) is 8.61. The molecule has 0 spiro atoms. The van der Waals surface area contributed by atoms with Crippen molar-refractivity contribution in [1.82, 2.24) is 0 Å². The number of hydrogen-bond acceptors (Lipinski definition) is 4. The zero-order chi connectivity index (χ0) is 18.4. The lowest BCUT2D eigenvalue weighted by Crippen LogP contribution is -2.50. The fourth-order valence-electron chi connectivity index (χ4n) is 7.18. The van der Waals surface area contributed by atoms with Crippen LogP contribution in [0.25, 0.3) is 0 Å². The first-order valence-corrected chi connectivity index (χ1v) is 10.4. The maximum Gasteiger partial charge on any atom is 0.106 e. The fourth-order valence-corrected chi connectivity index (χ4v) is 7.18. The van der Waals surface area contributed by atoms with Gasteiger partial charge in [-0.3, -0.25) is 0 Å². The van der Waals surface area contributed by atoms with Crippen LogP contribution in [0.1, 0.15) is 65.2 Å². The molecule has 0 aromatic heterocycles. The molecule has 0 aromatic rings. The lowest BCUT2D eigenvalue weighted by atomic mass is 9.47. The van der Waals surface area contributed by atoms with Crippen LogP contribution in [0, 0.1) is 34.5 Å². The summed E-state index contributed by atoms with van der Waals surface area (Å²) in [6.07, 6.45) is 14.7. The molecule has 3 unspecified atom stereocenters. The van der Waals surface area contributed by atoms with Crippen LogP contribution in [0.15, 0.2) is 22.0 Å². The summed E-state index contributed by atoms with van der Waals surface area (Å²) >= 11 is 0. The van der Waals surface area contributed by atoms with E-state index in [-0.39, 0.29) is 0 Å². The number of allylic oxidation sites excluding steroid dienone is 2. The standard InChI is InChI=1S/C22H34N2O2/c1-21-11-9-17(24-26-4)13-15(21)5-7-18-19-8-6-16(14-23-25-3)22(19,2)12-10-20(18)21/h13-14,16,18-20H,5-12H2,1-4H3/b23-14+,24-17+/t16-,18?,19?,20?,21+,22-/m1/s1. The van der Waals surface area contributed by atoms with E-state index in [1.165, 1.54) is 44.9 Å². The van der Waals surface area contributed by atoms with E-state index in [1.54, 1.807) is 19.8 Å². The number of fused-ring (bicyclic) bond motifs is 5. The molecule has 0 aliphatic heterocycles. The first-order chi connectivity index (χ1) is 12.5. The molecule has 0 N–H and O–H groups in total. The van der Waals surface area contributed by atoms with Crippen molar-refractivity contribution in [2.45, 2.75) is 65.2 Å². The van der Waals surface area contributed by atoms with Gasteiger partial charge in [0.2, 0.25) is 0 Å². The van der Waals surface area contributed by atoms with Gasteiger partial charge >= 0.3 is 0 Å². The Balaban J connectivity index is 1.60. The Hall–Kier alpha value is -1.32. The summed E-state index contributed by atoms with van der Waals surface area (Å²) in [6.45, 7) is 5.08. The molecule has 144 valence electrons. The summed E-state index contributed by atoms with van der Waals surface area (Å²) < 4.78 is 0. The van der Waals surface area contributed by atoms with Crippen molar-refractivity contribution in [1.29, 1.82) is 0 Å². The summed E-state index contributed by atoms with van der Waals surface area (Å²) in [7, 11) is 3.31. The van der Waals surface area contributed by atoms with Gasteiger partial charge in [0, 0.05) is 12.1 Å². The fraction of sp³-hybridized carbons (Fsp3) is 0.818. The molecule has 0 bridgehead atoms. The molecule has 4 aliphatic rings. The molecule has 4 nitrogen and oxygen atoms in total. The first-order valence-electron chi connectivity index (χ1n) is 10.4. The van der Waals surface area contributed by atoms with E-state index in [2.05, 4.69) is 36.4 Å². The van der Waals surface area contributed by atoms with Crippen molar-refractivity contribution < 1.29 is 9.68 Å². The summed E-state index contributed by atoms with van der Waals surface area (Å²) in [4.78, 5) is 10.0. The van der Waals surface area contributed by atoms with Crippen molar-refractivity contribution in [3.05, 3.63) is 11.6 Å². The minimum Gasteiger partial charge on any atom is -0.399 e. The highest BCUT2D eigenvalue weighted by atomic mass is 16.6. The van der Waals surface area contributed by atoms with E-state index >= 15 is 0 Å². The van der Waals surface area contributed by atoms with Crippen molar-refractivity contribution in [3.63, 3.8) is 0 Å². The Morgan fingerprint density at radius 3 is 2.62 bits per heavy atom. The highest BCUT2D eigenvalue weighted by molar-refractivity contribution is 5.96. The van der Waals surface area contributed by atoms with Crippen molar-refractivity contribution in [2.24, 2.45) is 44.8 Å². The molecule has 4 aliphatic carbocycles. The molecule has 0 aromatic carbocycles. The Kier molecular flexibility index (Phi) is 4.65. The Bertz CT molecular complexity index is 640. The van der Waals surface area contributed by atoms with Gasteiger partial charge in [-0.1, -0.05) is 29.7 Å². The topological polar surface area (TPSA) is 43.2 Å². The average molecular weight is 359 g/mol. The molecule has 0 radical (unpaired) electrons. The van der Waals surface area contributed by atoms with Crippen LogP contribution in [0.5, 0.6) is 0 Å². The monoisotopic (exact) mass is 358 g/mol. The number of rotatable bonds is 3. The minimum absolute atomic E-state index is 0.371. The van der Waals surface area contributed by atoms with E-state index in [4.69, 9.17) is 9.68 Å². The predicted octanol–water partition coefficient (Wildman–Crippen LogP) is 5.20. The average Bonchev–Trinajstić information content (AvgIpc) is 2.97. The Labute approximate surface area is 158 Å². The van der Waals surface area contributed by atoms with E-state index in [1.807, 2.05) is 0 Å². The molecular weight excluding hydrogens is 324 g/mol. The molecule has 4 heteroatoms. The van der Waals surface area contributed by atoms with Crippen LogP contribution in [0.4, 0.5) is 0 Å². The van der Waals surface area contributed by atoms with Gasteiger partial charge in [0.15, 0.2) is 0 Å². The van der Waals surface area contributed by atoms with Gasteiger partial charge in [0.1, 0.15) is 14.2 Å². The summed E-state index contributed by atoms with van der Waals surface area (Å²) in [5.74, 6) is 3.15. The lowest BCUT2D eigenvalue weighted by molar-refractivity contribution is -0.0405. The highest BCUT2D eigenvalue weighted by Crippen LogP contribution is 2.66. The van der Waals surface area contributed by atoms with Crippen LogP contribution < -0.4 is 0 Å². The van der Waals surface area contributed by atoms with Gasteiger partial charge in [-0.15, -0.1) is 0 Å². The van der Waals surface area contributed by atoms with Crippen molar-refractivity contribution >= 4 is 11.9 Å². The molecule has 6 atom stereocenters. The van der Waals surface area contributed by atoms with Gasteiger partial charge in [0.25, 0.3) is 0 Å². The zero-order valence-corrected chi connectivity index (χ0v) is 16.8. The molecule has 0 amide bonds. The van der Waals surface area contributed by atoms with Gasteiger partial charge in [0.05, 0.1) is 5.71 Å². The van der Waals surface area contributed by atoms with Crippen molar-refractivity contribution in [2.75, 3.05) is 14.2 Å². The van der Waals surface area contributed by atoms with Crippen LogP contribution in [-0.4, -0.2) is 26.1 Å². The van der Waals surface area contributed by atoms with Gasteiger partial charge in [-0.2, -0.15) is 0 Å². The van der Waals surface area contributed by atoms with Gasteiger partial charge in [-0.25, -0.2) is 0 Å². The predicted molar refractivity (Wildman–Crippen MR) is 105 cm³/mol. The second-order valence-electron chi connectivity index (χ2n) is 9.43. The summed E-state index contributed by atoms with van der Waals surface area (Å²) in [6, 6.07) is 0. The first kappa shape index (κ1) is 18.1. The maximum absolute atomic E-state index is 5.04. The smallest absolute Gasteiger partial charge is 0.106 e. The molecule has 26 heavy (non-hydrogen) atoms. The second kappa shape index (κ2) is 6.69. The van der Waals surface area contributed by atoms with Gasteiger partial charge < -0.3 is 9.68 Å². The van der Waals surface area contributed by atoms with Crippen LogP contribution in [0.2, 0.25) is 0 Å². The summed E-state index contributed by atoms with van der Waals surface area (Å²) in [5, 5.41) is 8.37. The van der Waals surface area contributed by atoms with Crippen LogP contribution in [0.3, 0.4) is 0 Å². The third kappa shape index (κ3) is 2.63.